The van der Waals surface area contributed by atoms with Crippen LogP contribution in [0, 0.1) is 0 Å². The molecule has 6 nitrogen and oxygen atoms in total. The van der Waals surface area contributed by atoms with Gasteiger partial charge in [0.25, 0.3) is 0 Å². The Bertz CT molecular complexity index is 1090. The molecule has 0 saturated heterocycles. The first-order chi connectivity index (χ1) is 13.8. The van der Waals surface area contributed by atoms with Crippen LogP contribution in [0.5, 0.6) is 11.5 Å². The van der Waals surface area contributed by atoms with Gasteiger partial charge < -0.3 is 10.1 Å². The Labute approximate surface area is 165 Å². The van der Waals surface area contributed by atoms with Crippen molar-refractivity contribution in [3.8, 4) is 17.2 Å². The molecule has 3 heterocycles. The summed E-state index contributed by atoms with van der Waals surface area (Å²) in [4.78, 5) is 13.1. The Morgan fingerprint density at radius 3 is 2.46 bits per heavy atom. The van der Waals surface area contributed by atoms with Crippen LogP contribution in [0.3, 0.4) is 0 Å². The number of amides is 1. The van der Waals surface area contributed by atoms with Gasteiger partial charge in [-0.15, -0.1) is 5.10 Å². The number of para-hydroxylation sites is 2. The SMILES string of the molecule is O=C(NCc1cn(-c2ccsc2)nn1)C1c2ccccc2Oc2ccccc21. The van der Waals surface area contributed by atoms with Gasteiger partial charge in [-0.3, -0.25) is 4.79 Å². The van der Waals surface area contributed by atoms with Gasteiger partial charge in [0.15, 0.2) is 0 Å². The summed E-state index contributed by atoms with van der Waals surface area (Å²) in [5.41, 5.74) is 3.39. The normalized spacial score (nSPS) is 12.7. The molecule has 2 aromatic carbocycles. The van der Waals surface area contributed by atoms with E-state index in [2.05, 4.69) is 15.6 Å². The van der Waals surface area contributed by atoms with Gasteiger partial charge >= 0.3 is 0 Å². The van der Waals surface area contributed by atoms with Crippen molar-refractivity contribution in [3.05, 3.63) is 88.4 Å². The van der Waals surface area contributed by atoms with Crippen molar-refractivity contribution >= 4 is 17.2 Å². The predicted molar refractivity (Wildman–Crippen MR) is 106 cm³/mol. The van der Waals surface area contributed by atoms with Gasteiger partial charge in [0.05, 0.1) is 24.3 Å². The summed E-state index contributed by atoms with van der Waals surface area (Å²) >= 11 is 1.60. The van der Waals surface area contributed by atoms with Gasteiger partial charge in [-0.25, -0.2) is 4.68 Å². The minimum Gasteiger partial charge on any atom is -0.457 e. The molecule has 0 saturated carbocycles. The highest BCUT2D eigenvalue weighted by Gasteiger charge is 2.32. The Balaban J connectivity index is 1.38. The fourth-order valence-corrected chi connectivity index (χ4v) is 3.99. The third-order valence-corrected chi connectivity index (χ3v) is 5.37. The summed E-state index contributed by atoms with van der Waals surface area (Å²) in [6.07, 6.45) is 1.83. The largest absolute Gasteiger partial charge is 0.457 e. The highest BCUT2D eigenvalue weighted by molar-refractivity contribution is 7.08. The minimum atomic E-state index is -0.423. The smallest absolute Gasteiger partial charge is 0.232 e. The number of hydrogen-bond donors (Lipinski definition) is 1. The van der Waals surface area contributed by atoms with Crippen LogP contribution in [-0.4, -0.2) is 20.9 Å². The highest BCUT2D eigenvalue weighted by atomic mass is 32.1. The Hall–Kier alpha value is -3.45. The van der Waals surface area contributed by atoms with E-state index >= 15 is 0 Å². The summed E-state index contributed by atoms with van der Waals surface area (Å²) in [5, 5.41) is 15.3. The van der Waals surface area contributed by atoms with E-state index in [9.17, 15) is 4.79 Å². The molecule has 0 radical (unpaired) electrons. The van der Waals surface area contributed by atoms with E-state index in [1.165, 1.54) is 0 Å². The molecule has 0 bridgehead atoms. The molecular weight excluding hydrogens is 372 g/mol. The van der Waals surface area contributed by atoms with Crippen LogP contribution >= 0.6 is 11.3 Å². The maximum Gasteiger partial charge on any atom is 0.232 e. The number of ether oxygens (including phenoxy) is 1. The molecule has 1 N–H and O–H groups in total. The number of rotatable bonds is 4. The van der Waals surface area contributed by atoms with Gasteiger partial charge in [-0.1, -0.05) is 41.6 Å². The zero-order valence-electron chi connectivity index (χ0n) is 14.8. The van der Waals surface area contributed by atoms with Gasteiger partial charge in [-0.05, 0) is 23.6 Å². The van der Waals surface area contributed by atoms with Crippen molar-refractivity contribution < 1.29 is 9.53 Å². The third-order valence-electron chi connectivity index (χ3n) is 4.70. The molecule has 1 aliphatic heterocycles. The number of hydrogen-bond acceptors (Lipinski definition) is 5. The summed E-state index contributed by atoms with van der Waals surface area (Å²) in [6, 6.07) is 17.3. The average molecular weight is 388 g/mol. The molecule has 0 fully saturated rings. The first-order valence-electron chi connectivity index (χ1n) is 8.87. The number of thiophene rings is 1. The monoisotopic (exact) mass is 388 g/mol. The number of aromatic nitrogens is 3. The van der Waals surface area contributed by atoms with E-state index in [0.717, 1.165) is 16.8 Å². The van der Waals surface area contributed by atoms with Crippen molar-refractivity contribution in [2.24, 2.45) is 0 Å². The molecule has 28 heavy (non-hydrogen) atoms. The summed E-state index contributed by atoms with van der Waals surface area (Å²) in [7, 11) is 0. The first-order valence-corrected chi connectivity index (χ1v) is 9.81. The van der Waals surface area contributed by atoms with E-state index in [1.54, 1.807) is 16.0 Å². The number of fused-ring (bicyclic) bond motifs is 2. The van der Waals surface area contributed by atoms with E-state index in [-0.39, 0.29) is 5.91 Å². The van der Waals surface area contributed by atoms with Crippen LogP contribution in [0.25, 0.3) is 5.69 Å². The number of nitrogens with zero attached hydrogens (tertiary/aromatic N) is 3. The maximum atomic E-state index is 13.1. The number of benzene rings is 2. The molecule has 0 aliphatic carbocycles. The van der Waals surface area contributed by atoms with E-state index in [4.69, 9.17) is 4.74 Å². The second-order valence-electron chi connectivity index (χ2n) is 6.46. The molecule has 7 heteroatoms. The lowest BCUT2D eigenvalue weighted by atomic mass is 9.87. The van der Waals surface area contributed by atoms with Crippen molar-refractivity contribution in [1.29, 1.82) is 0 Å². The first kappa shape index (κ1) is 16.7. The molecule has 1 aliphatic rings. The number of carbonyl (C=O) groups is 1. The molecule has 0 unspecified atom stereocenters. The van der Waals surface area contributed by atoms with Crippen LogP contribution in [0.2, 0.25) is 0 Å². The zero-order valence-corrected chi connectivity index (χ0v) is 15.6. The lowest BCUT2D eigenvalue weighted by molar-refractivity contribution is -0.122. The molecule has 2 aromatic heterocycles. The number of nitrogens with one attached hydrogen (secondary N) is 1. The van der Waals surface area contributed by atoms with Gasteiger partial charge in [-0.2, -0.15) is 11.3 Å². The standard InChI is InChI=1S/C21H16N4O2S/c26-21(22-11-14-12-25(24-23-14)15-9-10-28-13-15)20-16-5-1-3-7-18(16)27-19-8-4-2-6-17(19)20/h1-10,12-13,20H,11H2,(H,22,26). The zero-order chi connectivity index (χ0) is 18.9. The fraction of sp³-hybridized carbons (Fsp3) is 0.0952. The van der Waals surface area contributed by atoms with Crippen molar-refractivity contribution in [2.75, 3.05) is 0 Å². The highest BCUT2D eigenvalue weighted by Crippen LogP contribution is 2.43. The average Bonchev–Trinajstić information content (AvgIpc) is 3.42. The number of carbonyl (C=O) groups excluding carboxylic acids is 1. The second-order valence-corrected chi connectivity index (χ2v) is 7.24. The van der Waals surface area contributed by atoms with Gasteiger partial charge in [0.2, 0.25) is 5.91 Å². The quantitative estimate of drug-likeness (QED) is 0.576. The lowest BCUT2D eigenvalue weighted by Gasteiger charge is -2.27. The van der Waals surface area contributed by atoms with E-state index in [1.807, 2.05) is 71.6 Å². The lowest BCUT2D eigenvalue weighted by Crippen LogP contribution is -2.31. The Morgan fingerprint density at radius 2 is 1.79 bits per heavy atom. The topological polar surface area (TPSA) is 69.0 Å². The van der Waals surface area contributed by atoms with Crippen molar-refractivity contribution in [2.45, 2.75) is 12.5 Å². The van der Waals surface area contributed by atoms with Crippen LogP contribution in [0.15, 0.2) is 71.6 Å². The van der Waals surface area contributed by atoms with Crippen LogP contribution in [0.1, 0.15) is 22.7 Å². The van der Waals surface area contributed by atoms with Crippen molar-refractivity contribution in [3.63, 3.8) is 0 Å². The Morgan fingerprint density at radius 1 is 1.07 bits per heavy atom. The van der Waals surface area contributed by atoms with Crippen LogP contribution in [0.4, 0.5) is 0 Å². The van der Waals surface area contributed by atoms with Crippen LogP contribution in [-0.2, 0) is 11.3 Å². The summed E-state index contributed by atoms with van der Waals surface area (Å²) < 4.78 is 7.67. The molecule has 1 amide bonds. The third kappa shape index (κ3) is 2.95. The van der Waals surface area contributed by atoms with E-state index in [0.29, 0.717) is 23.7 Å². The fourth-order valence-electron chi connectivity index (χ4n) is 3.37. The van der Waals surface area contributed by atoms with Crippen molar-refractivity contribution in [1.82, 2.24) is 20.3 Å². The molecule has 4 aromatic rings. The molecule has 0 atom stereocenters. The van der Waals surface area contributed by atoms with Crippen LogP contribution < -0.4 is 10.1 Å². The summed E-state index contributed by atoms with van der Waals surface area (Å²) in [6.45, 7) is 0.310. The molecular formula is C21H16N4O2S. The molecule has 138 valence electrons. The summed E-state index contributed by atoms with van der Waals surface area (Å²) in [5.74, 6) is 0.913. The molecule has 5 rings (SSSR count). The predicted octanol–water partition coefficient (Wildman–Crippen LogP) is 3.88. The molecule has 0 spiro atoms. The second kappa shape index (κ2) is 6.94. The Kier molecular flexibility index (Phi) is 4.14. The van der Waals surface area contributed by atoms with Gasteiger partial charge in [0, 0.05) is 16.5 Å². The maximum absolute atomic E-state index is 13.1. The minimum absolute atomic E-state index is 0.0896. The van der Waals surface area contributed by atoms with Gasteiger partial charge in [0.1, 0.15) is 17.2 Å². The van der Waals surface area contributed by atoms with E-state index < -0.39 is 5.92 Å².